The Kier molecular flexibility index (Phi) is 4.94. The summed E-state index contributed by atoms with van der Waals surface area (Å²) in [5, 5.41) is 3.98. The highest BCUT2D eigenvalue weighted by atomic mass is 35.5. The average molecular weight is 325 g/mol. The number of nitrogens with one attached hydrogen (secondary N) is 1. The van der Waals surface area contributed by atoms with Crippen LogP contribution < -0.4 is 11.1 Å². The van der Waals surface area contributed by atoms with Crippen molar-refractivity contribution in [1.82, 2.24) is 0 Å². The molecule has 0 aliphatic carbocycles. The first-order valence-electron chi connectivity index (χ1n) is 6.30. The Bertz CT molecular complexity index is 675. The van der Waals surface area contributed by atoms with Gasteiger partial charge >= 0.3 is 5.97 Å². The maximum Gasteiger partial charge on any atom is 0.340 e. The van der Waals surface area contributed by atoms with Crippen molar-refractivity contribution >= 4 is 46.2 Å². The summed E-state index contributed by atoms with van der Waals surface area (Å²) in [6.45, 7) is 2.00. The molecule has 0 radical (unpaired) electrons. The molecule has 0 saturated carbocycles. The Morgan fingerprint density at radius 1 is 1.29 bits per heavy atom. The van der Waals surface area contributed by atoms with Crippen LogP contribution >= 0.6 is 23.2 Å². The Morgan fingerprint density at radius 3 is 2.71 bits per heavy atom. The van der Waals surface area contributed by atoms with E-state index < -0.39 is 5.97 Å². The fraction of sp³-hybridized carbons (Fsp3) is 0.133. The number of benzene rings is 2. The van der Waals surface area contributed by atoms with Crippen LogP contribution in [0.4, 0.5) is 17.1 Å². The molecular weight excluding hydrogens is 311 g/mol. The molecule has 0 aliphatic heterocycles. The number of nitrogens with two attached hydrogens (primary N) is 1. The molecule has 0 fully saturated rings. The van der Waals surface area contributed by atoms with E-state index in [-0.39, 0.29) is 12.2 Å². The zero-order valence-electron chi connectivity index (χ0n) is 11.3. The molecular formula is C15H14Cl2N2O2. The van der Waals surface area contributed by atoms with Crippen molar-refractivity contribution < 1.29 is 9.53 Å². The fourth-order valence-electron chi connectivity index (χ4n) is 1.84. The van der Waals surface area contributed by atoms with E-state index in [1.807, 2.05) is 6.07 Å². The minimum atomic E-state index is -0.490. The lowest BCUT2D eigenvalue weighted by atomic mass is 10.1. The van der Waals surface area contributed by atoms with E-state index in [1.54, 1.807) is 31.2 Å². The molecule has 0 aliphatic rings. The highest BCUT2D eigenvalue weighted by Gasteiger charge is 2.17. The van der Waals surface area contributed by atoms with Gasteiger partial charge in [0.15, 0.2) is 0 Å². The Morgan fingerprint density at radius 2 is 2.05 bits per heavy atom. The fourth-order valence-corrected chi connectivity index (χ4v) is 2.30. The van der Waals surface area contributed by atoms with E-state index in [4.69, 9.17) is 33.7 Å². The second-order valence-electron chi connectivity index (χ2n) is 4.28. The van der Waals surface area contributed by atoms with E-state index >= 15 is 0 Å². The molecule has 0 aromatic heterocycles. The Hall–Kier alpha value is -1.91. The van der Waals surface area contributed by atoms with Crippen molar-refractivity contribution in [3.63, 3.8) is 0 Å². The lowest BCUT2D eigenvalue weighted by Gasteiger charge is -2.14. The highest BCUT2D eigenvalue weighted by molar-refractivity contribution is 6.34. The number of esters is 1. The van der Waals surface area contributed by atoms with Crippen LogP contribution in [0.1, 0.15) is 17.3 Å². The van der Waals surface area contributed by atoms with Crippen LogP contribution in [0.3, 0.4) is 0 Å². The van der Waals surface area contributed by atoms with Gasteiger partial charge in [0.25, 0.3) is 0 Å². The third kappa shape index (κ3) is 3.80. The molecule has 0 heterocycles. The lowest BCUT2D eigenvalue weighted by molar-refractivity contribution is 0.0527. The van der Waals surface area contributed by atoms with Crippen LogP contribution in [0.15, 0.2) is 36.4 Å². The Balaban J connectivity index is 2.44. The van der Waals surface area contributed by atoms with Gasteiger partial charge in [0.1, 0.15) is 0 Å². The zero-order valence-corrected chi connectivity index (χ0v) is 12.8. The smallest absolute Gasteiger partial charge is 0.340 e. The van der Waals surface area contributed by atoms with Gasteiger partial charge in [0, 0.05) is 16.4 Å². The highest BCUT2D eigenvalue weighted by Crippen LogP contribution is 2.33. The number of carbonyl (C=O) groups is 1. The molecule has 0 bridgehead atoms. The summed E-state index contributed by atoms with van der Waals surface area (Å²) in [7, 11) is 0. The van der Waals surface area contributed by atoms with Crippen molar-refractivity contribution in [3.05, 3.63) is 52.0 Å². The average Bonchev–Trinajstić information content (AvgIpc) is 2.42. The van der Waals surface area contributed by atoms with Crippen LogP contribution in [-0.2, 0) is 4.74 Å². The summed E-state index contributed by atoms with van der Waals surface area (Å²) in [6, 6.07) is 10.2. The van der Waals surface area contributed by atoms with Crippen LogP contribution in [-0.4, -0.2) is 12.6 Å². The molecule has 0 saturated heterocycles. The van der Waals surface area contributed by atoms with Crippen LogP contribution in [0.25, 0.3) is 0 Å². The molecule has 110 valence electrons. The topological polar surface area (TPSA) is 64.3 Å². The molecule has 0 atom stereocenters. The molecule has 0 amide bonds. The van der Waals surface area contributed by atoms with Crippen LogP contribution in [0.5, 0.6) is 0 Å². The van der Waals surface area contributed by atoms with Crippen LogP contribution in [0.2, 0.25) is 10.0 Å². The van der Waals surface area contributed by atoms with Gasteiger partial charge in [-0.2, -0.15) is 0 Å². The summed E-state index contributed by atoms with van der Waals surface area (Å²) in [4.78, 5) is 12.0. The molecule has 0 spiro atoms. The molecule has 2 aromatic rings. The van der Waals surface area contributed by atoms with Gasteiger partial charge in [0.05, 0.1) is 22.9 Å². The Labute approximate surface area is 132 Å². The minimum Gasteiger partial charge on any atom is -0.462 e. The maximum absolute atomic E-state index is 12.0. The molecule has 2 aromatic carbocycles. The molecule has 21 heavy (non-hydrogen) atoms. The molecule has 4 nitrogen and oxygen atoms in total. The summed E-state index contributed by atoms with van der Waals surface area (Å²) in [6.07, 6.45) is 0. The number of nitrogen functional groups attached to an aromatic ring is 1. The molecule has 6 heteroatoms. The third-order valence-electron chi connectivity index (χ3n) is 2.70. The molecule has 3 N–H and O–H groups in total. The van der Waals surface area contributed by atoms with Gasteiger partial charge in [-0.05, 0) is 37.3 Å². The standard InChI is InChI=1S/C15H14Cl2N2O2/c1-2-21-15(20)12-7-10(18)8-13(17)14(12)19-11-5-3-4-9(16)6-11/h3-8,19H,2,18H2,1H3. The zero-order chi connectivity index (χ0) is 15.4. The number of ether oxygens (including phenoxy) is 1. The summed E-state index contributed by atoms with van der Waals surface area (Å²) >= 11 is 12.1. The molecule has 0 unspecified atom stereocenters. The van der Waals surface area contributed by atoms with Gasteiger partial charge in [-0.25, -0.2) is 4.79 Å². The number of hydrogen-bond acceptors (Lipinski definition) is 4. The van der Waals surface area contributed by atoms with Gasteiger partial charge < -0.3 is 15.8 Å². The van der Waals surface area contributed by atoms with Gasteiger partial charge in [-0.1, -0.05) is 29.3 Å². The number of anilines is 3. The van der Waals surface area contributed by atoms with Gasteiger partial charge in [-0.15, -0.1) is 0 Å². The summed E-state index contributed by atoms with van der Waals surface area (Å²) in [5.41, 5.74) is 7.55. The number of halogens is 2. The normalized spacial score (nSPS) is 10.2. The number of carbonyl (C=O) groups excluding carboxylic acids is 1. The second-order valence-corrected chi connectivity index (χ2v) is 5.12. The largest absolute Gasteiger partial charge is 0.462 e. The molecule has 2 rings (SSSR count). The number of rotatable bonds is 4. The maximum atomic E-state index is 12.0. The predicted octanol–water partition coefficient (Wildman–Crippen LogP) is 4.50. The van der Waals surface area contributed by atoms with E-state index in [1.165, 1.54) is 6.07 Å². The van der Waals surface area contributed by atoms with E-state index in [9.17, 15) is 4.79 Å². The van der Waals surface area contributed by atoms with Crippen LogP contribution in [0, 0.1) is 0 Å². The first-order chi connectivity index (χ1) is 10.0. The predicted molar refractivity (Wildman–Crippen MR) is 86.6 cm³/mol. The van der Waals surface area contributed by atoms with Gasteiger partial charge in [0.2, 0.25) is 0 Å². The first kappa shape index (κ1) is 15.5. The monoisotopic (exact) mass is 324 g/mol. The summed E-state index contributed by atoms with van der Waals surface area (Å²) in [5.74, 6) is -0.490. The van der Waals surface area contributed by atoms with Crippen molar-refractivity contribution in [2.24, 2.45) is 0 Å². The second kappa shape index (κ2) is 6.70. The van der Waals surface area contributed by atoms with Crippen molar-refractivity contribution in [1.29, 1.82) is 0 Å². The van der Waals surface area contributed by atoms with E-state index in [0.717, 1.165) is 0 Å². The SMILES string of the molecule is CCOC(=O)c1cc(N)cc(Cl)c1Nc1cccc(Cl)c1. The van der Waals surface area contributed by atoms with Crippen molar-refractivity contribution in [3.8, 4) is 0 Å². The number of hydrogen-bond donors (Lipinski definition) is 2. The minimum absolute atomic E-state index is 0.266. The first-order valence-corrected chi connectivity index (χ1v) is 7.05. The van der Waals surface area contributed by atoms with Gasteiger partial charge in [-0.3, -0.25) is 0 Å². The quantitative estimate of drug-likeness (QED) is 0.642. The lowest BCUT2D eigenvalue weighted by Crippen LogP contribution is -2.09. The van der Waals surface area contributed by atoms with E-state index in [2.05, 4.69) is 5.32 Å². The van der Waals surface area contributed by atoms with Crippen molar-refractivity contribution in [2.75, 3.05) is 17.7 Å². The van der Waals surface area contributed by atoms with Crippen molar-refractivity contribution in [2.45, 2.75) is 6.92 Å². The van der Waals surface area contributed by atoms with E-state index in [0.29, 0.717) is 27.1 Å². The third-order valence-corrected chi connectivity index (χ3v) is 3.24. The summed E-state index contributed by atoms with van der Waals surface area (Å²) < 4.78 is 5.02.